The average molecular weight is 175 g/mol. The molecule has 0 aliphatic carbocycles. The van der Waals surface area contributed by atoms with Crippen molar-refractivity contribution in [1.29, 1.82) is 0 Å². The fourth-order valence-electron chi connectivity index (χ4n) is 1.39. The van der Waals surface area contributed by atoms with Gasteiger partial charge in [0.05, 0.1) is 5.69 Å². The fraction of sp³-hybridized carbons (Fsp3) is 0.222. The topological polar surface area (TPSA) is 47.8 Å². The number of aldehydes is 1. The normalized spacial score (nSPS) is 10.6. The van der Waals surface area contributed by atoms with E-state index in [0.29, 0.717) is 5.56 Å². The van der Waals surface area contributed by atoms with Gasteiger partial charge in [-0.1, -0.05) is 0 Å². The van der Waals surface area contributed by atoms with Gasteiger partial charge in [0, 0.05) is 24.2 Å². The van der Waals surface area contributed by atoms with Gasteiger partial charge in [0.25, 0.3) is 0 Å². The number of carbonyl (C=O) groups excluding carboxylic acids is 1. The number of hydrogen-bond acceptors (Lipinski definition) is 3. The number of pyridine rings is 1. The zero-order valence-electron chi connectivity index (χ0n) is 7.48. The molecule has 0 N–H and O–H groups in total. The fourth-order valence-corrected chi connectivity index (χ4v) is 1.39. The van der Waals surface area contributed by atoms with E-state index in [1.54, 1.807) is 16.9 Å². The molecule has 4 heteroatoms. The molecule has 0 radical (unpaired) electrons. The highest BCUT2D eigenvalue weighted by molar-refractivity contribution is 5.85. The van der Waals surface area contributed by atoms with Crippen molar-refractivity contribution in [2.45, 2.75) is 6.92 Å². The van der Waals surface area contributed by atoms with Crippen LogP contribution in [0.25, 0.3) is 11.0 Å². The van der Waals surface area contributed by atoms with Gasteiger partial charge in [-0.15, -0.1) is 0 Å². The second-order valence-corrected chi connectivity index (χ2v) is 2.97. The lowest BCUT2D eigenvalue weighted by atomic mass is 10.2. The maximum Gasteiger partial charge on any atom is 0.157 e. The third kappa shape index (κ3) is 1.11. The summed E-state index contributed by atoms with van der Waals surface area (Å²) in [5.74, 6) is 0. The number of carbonyl (C=O) groups is 1. The van der Waals surface area contributed by atoms with E-state index in [2.05, 4.69) is 10.1 Å². The quantitative estimate of drug-likeness (QED) is 0.609. The van der Waals surface area contributed by atoms with Crippen LogP contribution >= 0.6 is 0 Å². The van der Waals surface area contributed by atoms with E-state index in [9.17, 15) is 4.79 Å². The van der Waals surface area contributed by atoms with E-state index in [0.717, 1.165) is 23.0 Å². The molecule has 13 heavy (non-hydrogen) atoms. The van der Waals surface area contributed by atoms with Gasteiger partial charge in [0.2, 0.25) is 0 Å². The van der Waals surface area contributed by atoms with E-state index in [1.807, 2.05) is 14.0 Å². The van der Waals surface area contributed by atoms with Crippen LogP contribution in [0.15, 0.2) is 12.3 Å². The van der Waals surface area contributed by atoms with E-state index in [4.69, 9.17) is 0 Å². The number of aromatic nitrogens is 3. The van der Waals surface area contributed by atoms with Crippen LogP contribution in [-0.2, 0) is 7.05 Å². The first-order valence-electron chi connectivity index (χ1n) is 3.97. The molecule has 0 spiro atoms. The minimum absolute atomic E-state index is 0.587. The smallest absolute Gasteiger partial charge is 0.157 e. The van der Waals surface area contributed by atoms with Gasteiger partial charge < -0.3 is 0 Å². The zero-order valence-corrected chi connectivity index (χ0v) is 7.48. The molecule has 0 unspecified atom stereocenters. The molecule has 0 aliphatic rings. The summed E-state index contributed by atoms with van der Waals surface area (Å²) in [5.41, 5.74) is 2.29. The Labute approximate surface area is 75.2 Å². The van der Waals surface area contributed by atoms with Crippen molar-refractivity contribution < 1.29 is 4.79 Å². The van der Waals surface area contributed by atoms with Crippen LogP contribution in [0.3, 0.4) is 0 Å². The van der Waals surface area contributed by atoms with Crippen LogP contribution in [0.2, 0.25) is 0 Å². The average Bonchev–Trinajstić information content (AvgIpc) is 2.42. The maximum absolute atomic E-state index is 10.5. The Kier molecular flexibility index (Phi) is 1.62. The molecule has 0 saturated carbocycles. The summed E-state index contributed by atoms with van der Waals surface area (Å²) in [7, 11) is 1.84. The first-order valence-corrected chi connectivity index (χ1v) is 3.97. The van der Waals surface area contributed by atoms with Crippen molar-refractivity contribution in [2.75, 3.05) is 0 Å². The van der Waals surface area contributed by atoms with Gasteiger partial charge in [-0.25, -0.2) is 4.98 Å². The predicted octanol–water partition coefficient (Wildman–Crippen LogP) is 1.09. The van der Waals surface area contributed by atoms with Crippen molar-refractivity contribution >= 4 is 17.3 Å². The van der Waals surface area contributed by atoms with Gasteiger partial charge >= 0.3 is 0 Å². The van der Waals surface area contributed by atoms with Crippen LogP contribution in [-0.4, -0.2) is 21.1 Å². The number of aryl methyl sites for hydroxylation is 2. The van der Waals surface area contributed by atoms with Crippen LogP contribution in [0.1, 0.15) is 16.1 Å². The molecule has 2 heterocycles. The highest BCUT2D eigenvalue weighted by Crippen LogP contribution is 2.15. The lowest BCUT2D eigenvalue weighted by Crippen LogP contribution is -1.92. The summed E-state index contributed by atoms with van der Waals surface area (Å²) in [4.78, 5) is 14.6. The van der Waals surface area contributed by atoms with Crippen molar-refractivity contribution in [1.82, 2.24) is 14.8 Å². The van der Waals surface area contributed by atoms with E-state index < -0.39 is 0 Å². The summed E-state index contributed by atoms with van der Waals surface area (Å²) in [5, 5.41) is 5.14. The Bertz CT molecular complexity index is 473. The van der Waals surface area contributed by atoms with Gasteiger partial charge in [-0.2, -0.15) is 5.10 Å². The predicted molar refractivity (Wildman–Crippen MR) is 48.6 cm³/mol. The van der Waals surface area contributed by atoms with Gasteiger partial charge in [0.1, 0.15) is 0 Å². The SMILES string of the molecule is Cc1nn(C)c2ncc(C=O)cc12. The molecular formula is C9H9N3O. The molecular weight excluding hydrogens is 166 g/mol. The number of hydrogen-bond donors (Lipinski definition) is 0. The number of rotatable bonds is 1. The van der Waals surface area contributed by atoms with Gasteiger partial charge in [0.15, 0.2) is 11.9 Å². The van der Waals surface area contributed by atoms with Crippen LogP contribution in [0.5, 0.6) is 0 Å². The van der Waals surface area contributed by atoms with Crippen molar-refractivity contribution in [3.63, 3.8) is 0 Å². The Morgan fingerprint density at radius 1 is 1.54 bits per heavy atom. The molecule has 2 aromatic rings. The molecule has 0 amide bonds. The summed E-state index contributed by atoms with van der Waals surface area (Å²) < 4.78 is 1.71. The monoisotopic (exact) mass is 175 g/mol. The zero-order chi connectivity index (χ0) is 9.42. The second kappa shape index (κ2) is 2.65. The van der Waals surface area contributed by atoms with Gasteiger partial charge in [-0.3, -0.25) is 9.48 Å². The molecule has 2 rings (SSSR count). The molecule has 0 bridgehead atoms. The molecule has 0 fully saturated rings. The third-order valence-corrected chi connectivity index (χ3v) is 2.02. The highest BCUT2D eigenvalue weighted by Gasteiger charge is 2.05. The van der Waals surface area contributed by atoms with E-state index >= 15 is 0 Å². The van der Waals surface area contributed by atoms with E-state index in [1.165, 1.54) is 0 Å². The maximum atomic E-state index is 10.5. The molecule has 2 aromatic heterocycles. The Morgan fingerprint density at radius 2 is 2.31 bits per heavy atom. The third-order valence-electron chi connectivity index (χ3n) is 2.02. The summed E-state index contributed by atoms with van der Waals surface area (Å²) in [6, 6.07) is 1.80. The lowest BCUT2D eigenvalue weighted by molar-refractivity contribution is 0.112. The largest absolute Gasteiger partial charge is 0.298 e. The second-order valence-electron chi connectivity index (χ2n) is 2.97. The Balaban J connectivity index is 2.83. The van der Waals surface area contributed by atoms with E-state index in [-0.39, 0.29) is 0 Å². The first kappa shape index (κ1) is 7.91. The Hall–Kier alpha value is -1.71. The standard InChI is InChI=1S/C9H9N3O/c1-6-8-3-7(5-13)4-10-9(8)12(2)11-6/h3-5H,1-2H3. The van der Waals surface area contributed by atoms with Crippen LogP contribution in [0.4, 0.5) is 0 Å². The van der Waals surface area contributed by atoms with Crippen molar-refractivity contribution in [3.8, 4) is 0 Å². The first-order chi connectivity index (χ1) is 6.22. The van der Waals surface area contributed by atoms with Crippen LogP contribution < -0.4 is 0 Å². The summed E-state index contributed by atoms with van der Waals surface area (Å²) in [6.07, 6.45) is 2.34. The molecule has 0 aliphatic heterocycles. The molecule has 0 atom stereocenters. The minimum Gasteiger partial charge on any atom is -0.298 e. The van der Waals surface area contributed by atoms with Crippen LogP contribution in [0, 0.1) is 6.92 Å². The van der Waals surface area contributed by atoms with Gasteiger partial charge in [-0.05, 0) is 13.0 Å². The minimum atomic E-state index is 0.587. The molecule has 0 saturated heterocycles. The number of fused-ring (bicyclic) bond motifs is 1. The number of nitrogens with zero attached hydrogens (tertiary/aromatic N) is 3. The molecule has 66 valence electrons. The Morgan fingerprint density at radius 3 is 3.00 bits per heavy atom. The summed E-state index contributed by atoms with van der Waals surface area (Å²) in [6.45, 7) is 1.90. The van der Waals surface area contributed by atoms with Crippen molar-refractivity contribution in [2.24, 2.45) is 7.05 Å². The highest BCUT2D eigenvalue weighted by atomic mass is 16.1. The molecule has 4 nitrogen and oxygen atoms in total. The molecule has 0 aromatic carbocycles. The lowest BCUT2D eigenvalue weighted by Gasteiger charge is -1.92. The summed E-state index contributed by atoms with van der Waals surface area (Å²) >= 11 is 0. The van der Waals surface area contributed by atoms with Crippen molar-refractivity contribution in [3.05, 3.63) is 23.5 Å².